The zero-order chi connectivity index (χ0) is 18.0. The van der Waals surface area contributed by atoms with Crippen LogP contribution >= 0.6 is 0 Å². The van der Waals surface area contributed by atoms with Crippen LogP contribution in [0, 0.1) is 6.92 Å². The van der Waals surface area contributed by atoms with Crippen LogP contribution in [0.2, 0.25) is 0 Å². The summed E-state index contributed by atoms with van der Waals surface area (Å²) in [4.78, 5) is 6.97. The Morgan fingerprint density at radius 1 is 0.963 bits per heavy atom. The van der Waals surface area contributed by atoms with Crippen molar-refractivity contribution in [1.29, 1.82) is 0 Å². The predicted molar refractivity (Wildman–Crippen MR) is 111 cm³/mol. The standard InChI is InChI=1S/C24H23N3/c1-16-2-5-23-21(12-16)22-15-26-10-7-18(8-11-26)24(22)27(23)20-4-3-17-6-9-25-14-19(17)13-20/h2-6,9,12-14,18H,7-8,10-11,15H2,1H3. The minimum absolute atomic E-state index is 0.663. The van der Waals surface area contributed by atoms with Crippen molar-refractivity contribution in [3.05, 3.63) is 71.7 Å². The molecule has 0 amide bonds. The smallest absolute Gasteiger partial charge is 0.0535 e. The second-order valence-corrected chi connectivity index (χ2v) is 8.18. The summed E-state index contributed by atoms with van der Waals surface area (Å²) >= 11 is 0. The Hall–Kier alpha value is -2.65. The first-order valence-corrected chi connectivity index (χ1v) is 9.98. The SMILES string of the molecule is Cc1ccc2c(c1)c1c(n2-c2ccc3ccncc3c2)C2CCN(CC2)C1. The zero-order valence-electron chi connectivity index (χ0n) is 15.7. The maximum Gasteiger partial charge on any atom is 0.0535 e. The maximum absolute atomic E-state index is 4.33. The fourth-order valence-electron chi connectivity index (χ4n) is 5.16. The molecule has 0 aliphatic carbocycles. The Bertz CT molecular complexity index is 1180. The quantitative estimate of drug-likeness (QED) is 0.470. The van der Waals surface area contributed by atoms with Gasteiger partial charge < -0.3 is 4.57 Å². The molecule has 27 heavy (non-hydrogen) atoms. The van der Waals surface area contributed by atoms with E-state index in [-0.39, 0.29) is 0 Å². The number of fused-ring (bicyclic) bond motifs is 4. The summed E-state index contributed by atoms with van der Waals surface area (Å²) in [6, 6.07) is 15.9. The highest BCUT2D eigenvalue weighted by molar-refractivity contribution is 5.90. The highest BCUT2D eigenvalue weighted by Gasteiger charge is 2.33. The Labute approximate surface area is 159 Å². The highest BCUT2D eigenvalue weighted by atomic mass is 15.1. The molecule has 2 bridgehead atoms. The average molecular weight is 353 g/mol. The van der Waals surface area contributed by atoms with Gasteiger partial charge in [0.25, 0.3) is 0 Å². The van der Waals surface area contributed by atoms with Gasteiger partial charge in [-0.3, -0.25) is 9.88 Å². The number of aryl methyl sites for hydroxylation is 1. The second kappa shape index (κ2) is 5.67. The van der Waals surface area contributed by atoms with Crippen molar-refractivity contribution in [1.82, 2.24) is 14.5 Å². The first-order chi connectivity index (χ1) is 13.3. The van der Waals surface area contributed by atoms with Crippen LogP contribution in [0.1, 0.15) is 35.6 Å². The molecule has 134 valence electrons. The van der Waals surface area contributed by atoms with Crippen LogP contribution in [0.15, 0.2) is 54.9 Å². The molecule has 0 unspecified atom stereocenters. The molecule has 3 nitrogen and oxygen atoms in total. The summed E-state index contributed by atoms with van der Waals surface area (Å²) in [7, 11) is 0. The number of piperidine rings is 1. The topological polar surface area (TPSA) is 21.1 Å². The number of hydrogen-bond acceptors (Lipinski definition) is 2. The van der Waals surface area contributed by atoms with E-state index in [1.54, 1.807) is 11.3 Å². The summed E-state index contributed by atoms with van der Waals surface area (Å²) < 4.78 is 2.55. The van der Waals surface area contributed by atoms with Gasteiger partial charge in [0, 0.05) is 47.0 Å². The molecule has 0 N–H and O–H groups in total. The molecule has 1 saturated heterocycles. The van der Waals surface area contributed by atoms with Crippen molar-refractivity contribution in [3.63, 3.8) is 0 Å². The molecule has 3 aliphatic rings. The minimum Gasteiger partial charge on any atom is -0.313 e. The normalized spacial score (nSPS) is 21.5. The third-order valence-corrected chi connectivity index (χ3v) is 6.51. The van der Waals surface area contributed by atoms with Gasteiger partial charge in [-0.25, -0.2) is 0 Å². The van der Waals surface area contributed by atoms with Crippen LogP contribution in [0.3, 0.4) is 0 Å². The maximum atomic E-state index is 4.33. The molecule has 7 rings (SSSR count). The summed E-state index contributed by atoms with van der Waals surface area (Å²) in [5.41, 5.74) is 7.07. The van der Waals surface area contributed by atoms with E-state index in [0.717, 1.165) is 6.54 Å². The Balaban J connectivity index is 1.69. The lowest BCUT2D eigenvalue weighted by molar-refractivity contribution is 0.220. The summed E-state index contributed by atoms with van der Waals surface area (Å²) in [6.45, 7) is 5.76. The number of benzene rings is 2. The fourth-order valence-corrected chi connectivity index (χ4v) is 5.16. The third kappa shape index (κ3) is 2.28. The fraction of sp³-hybridized carbons (Fsp3) is 0.292. The molecular formula is C24H23N3. The average Bonchev–Trinajstić information content (AvgIpc) is 2.82. The van der Waals surface area contributed by atoms with Crippen molar-refractivity contribution >= 4 is 21.7 Å². The Morgan fingerprint density at radius 2 is 1.85 bits per heavy atom. The van der Waals surface area contributed by atoms with Crippen molar-refractivity contribution < 1.29 is 0 Å². The van der Waals surface area contributed by atoms with Gasteiger partial charge in [-0.1, -0.05) is 17.7 Å². The monoisotopic (exact) mass is 353 g/mol. The molecule has 3 aliphatic heterocycles. The van der Waals surface area contributed by atoms with Crippen LogP contribution in [-0.2, 0) is 6.54 Å². The van der Waals surface area contributed by atoms with Gasteiger partial charge >= 0.3 is 0 Å². The first-order valence-electron chi connectivity index (χ1n) is 9.98. The van der Waals surface area contributed by atoms with Crippen LogP contribution in [0.5, 0.6) is 0 Å². The lowest BCUT2D eigenvalue weighted by Crippen LogP contribution is -2.29. The van der Waals surface area contributed by atoms with Gasteiger partial charge in [0.1, 0.15) is 0 Å². The van der Waals surface area contributed by atoms with Crippen LogP contribution in [0.25, 0.3) is 27.4 Å². The van der Waals surface area contributed by atoms with E-state index in [1.165, 1.54) is 58.9 Å². The molecule has 0 radical (unpaired) electrons. The Morgan fingerprint density at radius 3 is 2.74 bits per heavy atom. The number of nitrogens with zero attached hydrogens (tertiary/aromatic N) is 3. The van der Waals surface area contributed by atoms with E-state index in [1.807, 2.05) is 12.4 Å². The molecular weight excluding hydrogens is 330 g/mol. The number of pyridine rings is 1. The minimum atomic E-state index is 0.663. The van der Waals surface area contributed by atoms with E-state index in [4.69, 9.17) is 0 Å². The van der Waals surface area contributed by atoms with Crippen LogP contribution < -0.4 is 0 Å². The molecule has 0 saturated carbocycles. The molecule has 2 aromatic heterocycles. The second-order valence-electron chi connectivity index (χ2n) is 8.18. The molecule has 1 fully saturated rings. The third-order valence-electron chi connectivity index (χ3n) is 6.51. The van der Waals surface area contributed by atoms with Crippen molar-refractivity contribution in [2.45, 2.75) is 32.2 Å². The van der Waals surface area contributed by atoms with Crippen molar-refractivity contribution in [2.24, 2.45) is 0 Å². The van der Waals surface area contributed by atoms with Crippen LogP contribution in [0.4, 0.5) is 0 Å². The van der Waals surface area contributed by atoms with E-state index in [0.29, 0.717) is 5.92 Å². The van der Waals surface area contributed by atoms with E-state index < -0.39 is 0 Å². The first kappa shape index (κ1) is 15.4. The summed E-state index contributed by atoms with van der Waals surface area (Å²) in [6.07, 6.45) is 6.40. The molecule has 5 heterocycles. The molecule has 4 aromatic rings. The molecule has 3 heteroatoms. The molecule has 2 aromatic carbocycles. The van der Waals surface area contributed by atoms with Crippen molar-refractivity contribution in [2.75, 3.05) is 13.1 Å². The van der Waals surface area contributed by atoms with E-state index in [2.05, 4.69) is 63.8 Å². The number of aromatic nitrogens is 2. The largest absolute Gasteiger partial charge is 0.313 e. The highest BCUT2D eigenvalue weighted by Crippen LogP contribution is 2.42. The number of rotatable bonds is 1. The van der Waals surface area contributed by atoms with E-state index >= 15 is 0 Å². The summed E-state index contributed by atoms with van der Waals surface area (Å²) in [5, 5.41) is 3.90. The lowest BCUT2D eigenvalue weighted by atomic mass is 9.93. The molecule has 0 atom stereocenters. The van der Waals surface area contributed by atoms with E-state index in [9.17, 15) is 0 Å². The van der Waals surface area contributed by atoms with Gasteiger partial charge in [0.2, 0.25) is 0 Å². The van der Waals surface area contributed by atoms with Crippen LogP contribution in [-0.4, -0.2) is 27.5 Å². The molecule has 0 spiro atoms. The van der Waals surface area contributed by atoms with Gasteiger partial charge in [-0.15, -0.1) is 0 Å². The lowest BCUT2D eigenvalue weighted by Gasteiger charge is -2.27. The van der Waals surface area contributed by atoms with Gasteiger partial charge in [-0.05, 0) is 74.1 Å². The Kier molecular flexibility index (Phi) is 3.24. The van der Waals surface area contributed by atoms with Gasteiger partial charge in [0.05, 0.1) is 5.52 Å². The van der Waals surface area contributed by atoms with Gasteiger partial charge in [0.15, 0.2) is 0 Å². The number of hydrogen-bond donors (Lipinski definition) is 0. The zero-order valence-corrected chi connectivity index (χ0v) is 15.7. The van der Waals surface area contributed by atoms with Crippen molar-refractivity contribution in [3.8, 4) is 5.69 Å². The van der Waals surface area contributed by atoms with Gasteiger partial charge in [-0.2, -0.15) is 0 Å². The predicted octanol–water partition coefficient (Wildman–Crippen LogP) is 5.18. The summed E-state index contributed by atoms with van der Waals surface area (Å²) in [5.74, 6) is 0.663.